The van der Waals surface area contributed by atoms with Crippen molar-refractivity contribution in [3.8, 4) is 11.3 Å². The third-order valence-electron chi connectivity index (χ3n) is 2.56. The molecule has 0 amide bonds. The van der Waals surface area contributed by atoms with Crippen LogP contribution in [0.15, 0.2) is 42.6 Å². The number of hydrogen-bond acceptors (Lipinski definition) is 3. The average molecular weight is 249 g/mol. The van der Waals surface area contributed by atoms with Gasteiger partial charge in [-0.05, 0) is 29.8 Å². The molecule has 0 saturated carbocycles. The van der Waals surface area contributed by atoms with Gasteiger partial charge in [-0.25, -0.2) is 0 Å². The molecule has 3 nitrogen and oxygen atoms in total. The topological polar surface area (TPSA) is 59.1 Å². The number of aliphatic hydroxyl groups excluding tert-OH is 1. The zero-order valence-corrected chi connectivity index (χ0v) is 9.93. The van der Waals surface area contributed by atoms with Gasteiger partial charge in [0.05, 0.1) is 18.3 Å². The molecule has 0 spiro atoms. The van der Waals surface area contributed by atoms with E-state index in [-0.39, 0.29) is 6.61 Å². The summed E-state index contributed by atoms with van der Waals surface area (Å²) in [6.45, 7) is -0.0940. The summed E-state index contributed by atoms with van der Waals surface area (Å²) in [5.41, 5.74) is 8.25. The Bertz CT molecular complexity index is 502. The lowest BCUT2D eigenvalue weighted by Gasteiger charge is -2.11. The molecule has 0 saturated heterocycles. The highest BCUT2D eigenvalue weighted by Crippen LogP contribution is 2.28. The van der Waals surface area contributed by atoms with E-state index in [1.54, 1.807) is 12.3 Å². The van der Waals surface area contributed by atoms with E-state index in [1.807, 2.05) is 30.3 Å². The minimum Gasteiger partial charge on any atom is -0.394 e. The molecule has 1 heterocycles. The van der Waals surface area contributed by atoms with Gasteiger partial charge in [0.1, 0.15) is 0 Å². The molecule has 0 aliphatic carbocycles. The number of halogens is 1. The average Bonchev–Trinajstić information content (AvgIpc) is 2.39. The largest absolute Gasteiger partial charge is 0.394 e. The van der Waals surface area contributed by atoms with E-state index in [2.05, 4.69) is 4.98 Å². The molecule has 0 bridgehead atoms. The van der Waals surface area contributed by atoms with Crippen LogP contribution in [0.25, 0.3) is 11.3 Å². The predicted molar refractivity (Wildman–Crippen MR) is 68.7 cm³/mol. The number of aliphatic hydroxyl groups is 1. The van der Waals surface area contributed by atoms with Crippen LogP contribution in [0.4, 0.5) is 0 Å². The van der Waals surface area contributed by atoms with Gasteiger partial charge in [0.2, 0.25) is 0 Å². The normalized spacial score (nSPS) is 12.4. The molecule has 0 unspecified atom stereocenters. The zero-order valence-electron chi connectivity index (χ0n) is 9.18. The summed E-state index contributed by atoms with van der Waals surface area (Å²) in [4.78, 5) is 4.25. The molecule has 0 aliphatic rings. The van der Waals surface area contributed by atoms with Gasteiger partial charge in [-0.1, -0.05) is 23.7 Å². The van der Waals surface area contributed by atoms with Crippen molar-refractivity contribution in [1.29, 1.82) is 0 Å². The Labute approximate surface area is 105 Å². The van der Waals surface area contributed by atoms with E-state index in [4.69, 9.17) is 22.4 Å². The lowest BCUT2D eigenvalue weighted by Crippen LogP contribution is -2.14. The molecular formula is C13H13ClN2O. The van der Waals surface area contributed by atoms with Crippen LogP contribution in [0.3, 0.4) is 0 Å². The summed E-state index contributed by atoms with van der Waals surface area (Å²) in [5, 5.41) is 9.67. The Morgan fingerprint density at radius 1 is 1.29 bits per heavy atom. The van der Waals surface area contributed by atoms with Crippen molar-refractivity contribution in [2.75, 3.05) is 6.61 Å². The van der Waals surface area contributed by atoms with Gasteiger partial charge in [-0.15, -0.1) is 0 Å². The van der Waals surface area contributed by atoms with Crippen molar-refractivity contribution in [3.05, 3.63) is 53.2 Å². The second-order valence-corrected chi connectivity index (χ2v) is 4.15. The second kappa shape index (κ2) is 5.27. The van der Waals surface area contributed by atoms with Gasteiger partial charge < -0.3 is 10.8 Å². The quantitative estimate of drug-likeness (QED) is 0.877. The molecule has 1 atom stereocenters. The first kappa shape index (κ1) is 12.0. The van der Waals surface area contributed by atoms with E-state index < -0.39 is 6.04 Å². The van der Waals surface area contributed by atoms with Crippen LogP contribution in [0, 0.1) is 0 Å². The number of rotatable bonds is 3. The Morgan fingerprint density at radius 3 is 2.76 bits per heavy atom. The Morgan fingerprint density at radius 2 is 2.12 bits per heavy atom. The third kappa shape index (κ3) is 2.64. The molecule has 0 fully saturated rings. The number of pyridine rings is 1. The summed E-state index contributed by atoms with van der Waals surface area (Å²) in [6.07, 6.45) is 1.71. The van der Waals surface area contributed by atoms with Gasteiger partial charge in [0.25, 0.3) is 0 Å². The van der Waals surface area contributed by atoms with Crippen molar-refractivity contribution >= 4 is 11.6 Å². The smallest absolute Gasteiger partial charge is 0.0717 e. The van der Waals surface area contributed by atoms with Crippen molar-refractivity contribution in [2.24, 2.45) is 5.73 Å². The van der Waals surface area contributed by atoms with Gasteiger partial charge >= 0.3 is 0 Å². The SMILES string of the molecule is N[C@H](CO)c1ccc(Cl)c(-c2ccccn2)c1. The van der Waals surface area contributed by atoms with Crippen molar-refractivity contribution in [3.63, 3.8) is 0 Å². The molecule has 17 heavy (non-hydrogen) atoms. The first-order chi connectivity index (χ1) is 8.22. The van der Waals surface area contributed by atoms with Crippen LogP contribution in [0.1, 0.15) is 11.6 Å². The fraction of sp³-hybridized carbons (Fsp3) is 0.154. The maximum atomic E-state index is 9.05. The summed E-state index contributed by atoms with van der Waals surface area (Å²) < 4.78 is 0. The van der Waals surface area contributed by atoms with Gasteiger partial charge in [0.15, 0.2) is 0 Å². The maximum absolute atomic E-state index is 9.05. The van der Waals surface area contributed by atoms with Crippen molar-refractivity contribution in [1.82, 2.24) is 4.98 Å². The summed E-state index contributed by atoms with van der Waals surface area (Å²) >= 11 is 6.14. The van der Waals surface area contributed by atoms with Crippen molar-refractivity contribution < 1.29 is 5.11 Å². The highest BCUT2D eigenvalue weighted by molar-refractivity contribution is 6.33. The minimum atomic E-state index is -0.394. The third-order valence-corrected chi connectivity index (χ3v) is 2.89. The molecule has 0 aliphatic heterocycles. The van der Waals surface area contributed by atoms with E-state index in [0.717, 1.165) is 16.8 Å². The summed E-state index contributed by atoms with van der Waals surface area (Å²) in [6, 6.07) is 10.7. The maximum Gasteiger partial charge on any atom is 0.0717 e. The molecule has 0 radical (unpaired) electrons. The number of benzene rings is 1. The summed E-state index contributed by atoms with van der Waals surface area (Å²) in [7, 11) is 0. The molecule has 1 aromatic carbocycles. The van der Waals surface area contributed by atoms with Crippen LogP contribution in [-0.2, 0) is 0 Å². The van der Waals surface area contributed by atoms with Crippen LogP contribution in [0.5, 0.6) is 0 Å². The van der Waals surface area contributed by atoms with Gasteiger partial charge in [-0.3, -0.25) is 4.98 Å². The number of hydrogen-bond donors (Lipinski definition) is 2. The Balaban J connectivity index is 2.47. The van der Waals surface area contributed by atoms with Gasteiger partial charge in [-0.2, -0.15) is 0 Å². The number of nitrogens with two attached hydrogens (primary N) is 1. The second-order valence-electron chi connectivity index (χ2n) is 3.74. The lowest BCUT2D eigenvalue weighted by molar-refractivity contribution is 0.268. The van der Waals surface area contributed by atoms with E-state index in [0.29, 0.717) is 5.02 Å². The lowest BCUT2D eigenvalue weighted by atomic mass is 10.0. The summed E-state index contributed by atoms with van der Waals surface area (Å²) in [5.74, 6) is 0. The molecule has 2 aromatic rings. The predicted octanol–water partition coefficient (Wildman–Crippen LogP) is 2.39. The first-order valence-corrected chi connectivity index (χ1v) is 5.67. The van der Waals surface area contributed by atoms with Crippen LogP contribution in [-0.4, -0.2) is 16.7 Å². The van der Waals surface area contributed by atoms with E-state index >= 15 is 0 Å². The highest BCUT2D eigenvalue weighted by Gasteiger charge is 2.09. The van der Waals surface area contributed by atoms with Gasteiger partial charge in [0, 0.05) is 16.8 Å². The molecular weight excluding hydrogens is 236 g/mol. The standard InChI is InChI=1S/C13H13ClN2O/c14-11-5-4-9(12(15)8-17)7-10(11)13-3-1-2-6-16-13/h1-7,12,17H,8,15H2/t12-/m1/s1. The van der Waals surface area contributed by atoms with Crippen LogP contribution < -0.4 is 5.73 Å². The van der Waals surface area contributed by atoms with E-state index in [1.165, 1.54) is 0 Å². The first-order valence-electron chi connectivity index (χ1n) is 5.29. The monoisotopic (exact) mass is 248 g/mol. The fourth-order valence-electron chi connectivity index (χ4n) is 1.60. The Hall–Kier alpha value is -1.42. The fourth-order valence-corrected chi connectivity index (χ4v) is 1.81. The molecule has 1 aromatic heterocycles. The number of nitrogens with zero attached hydrogens (tertiary/aromatic N) is 1. The van der Waals surface area contributed by atoms with E-state index in [9.17, 15) is 0 Å². The molecule has 88 valence electrons. The van der Waals surface area contributed by atoms with Crippen LogP contribution in [0.2, 0.25) is 5.02 Å². The Kier molecular flexibility index (Phi) is 3.74. The highest BCUT2D eigenvalue weighted by atomic mass is 35.5. The van der Waals surface area contributed by atoms with Crippen LogP contribution >= 0.6 is 11.6 Å². The molecule has 3 N–H and O–H groups in total. The molecule has 2 rings (SSSR count). The minimum absolute atomic E-state index is 0.0940. The number of aromatic nitrogens is 1. The van der Waals surface area contributed by atoms with Crippen molar-refractivity contribution in [2.45, 2.75) is 6.04 Å². The zero-order chi connectivity index (χ0) is 12.3. The molecule has 4 heteroatoms.